The Bertz CT molecular complexity index is 784. The number of hydrogen-bond donors (Lipinski definition) is 1. The van der Waals surface area contributed by atoms with Crippen LogP contribution in [-0.4, -0.2) is 23.2 Å². The van der Waals surface area contributed by atoms with Gasteiger partial charge in [0.1, 0.15) is 24.9 Å². The monoisotopic (exact) mass is 348 g/mol. The third kappa shape index (κ3) is 2.25. The molecule has 0 saturated heterocycles. The van der Waals surface area contributed by atoms with Crippen molar-refractivity contribution >= 4 is 27.0 Å². The third-order valence-electron chi connectivity index (χ3n) is 3.28. The summed E-state index contributed by atoms with van der Waals surface area (Å²) in [5, 5.41) is 0. The number of nitrogens with zero attached hydrogens (tertiary/aromatic N) is 1. The first kappa shape index (κ1) is 12.6. The number of benzene rings is 2. The van der Waals surface area contributed by atoms with Crippen molar-refractivity contribution in [1.29, 1.82) is 0 Å². The van der Waals surface area contributed by atoms with E-state index in [1.807, 2.05) is 18.2 Å². The van der Waals surface area contributed by atoms with E-state index in [-0.39, 0.29) is 5.82 Å². The lowest BCUT2D eigenvalue weighted by Crippen LogP contribution is -2.15. The van der Waals surface area contributed by atoms with Crippen LogP contribution >= 0.6 is 15.9 Å². The molecular formula is C15H10BrFN2O2. The Morgan fingerprint density at radius 1 is 1.05 bits per heavy atom. The summed E-state index contributed by atoms with van der Waals surface area (Å²) in [5.74, 6) is 1.68. The maximum absolute atomic E-state index is 13.5. The predicted octanol–water partition coefficient (Wildman–Crippen LogP) is 3.90. The Hall–Kier alpha value is -2.08. The largest absolute Gasteiger partial charge is 0.486 e. The van der Waals surface area contributed by atoms with Gasteiger partial charge >= 0.3 is 0 Å². The first-order chi connectivity index (χ1) is 10.2. The van der Waals surface area contributed by atoms with Gasteiger partial charge in [-0.1, -0.05) is 15.9 Å². The zero-order valence-electron chi connectivity index (χ0n) is 10.8. The molecule has 1 N–H and O–H groups in total. The van der Waals surface area contributed by atoms with Crippen molar-refractivity contribution in [3.63, 3.8) is 0 Å². The van der Waals surface area contributed by atoms with Gasteiger partial charge in [0, 0.05) is 22.2 Å². The van der Waals surface area contributed by atoms with Crippen LogP contribution < -0.4 is 9.47 Å². The van der Waals surface area contributed by atoms with Crippen LogP contribution in [0.1, 0.15) is 0 Å². The minimum Gasteiger partial charge on any atom is -0.486 e. The highest BCUT2D eigenvalue weighted by atomic mass is 79.9. The van der Waals surface area contributed by atoms with Gasteiger partial charge in [-0.15, -0.1) is 0 Å². The normalized spacial score (nSPS) is 13.6. The Balaban J connectivity index is 1.86. The van der Waals surface area contributed by atoms with E-state index in [1.54, 1.807) is 0 Å². The Morgan fingerprint density at radius 3 is 2.57 bits per heavy atom. The summed E-state index contributed by atoms with van der Waals surface area (Å²) in [6.45, 7) is 1.07. The molecule has 0 amide bonds. The lowest BCUT2D eigenvalue weighted by molar-refractivity contribution is 0.172. The molecule has 0 fully saturated rings. The number of imidazole rings is 1. The standard InChI is InChI=1S/C15H10BrFN2O2/c16-9-3-8(4-10(17)5-9)15-18-11-6-13-14(7-12(11)19-15)21-2-1-20-13/h3-7H,1-2H2,(H,18,19). The summed E-state index contributed by atoms with van der Waals surface area (Å²) in [6, 6.07) is 8.35. The molecule has 1 aliphatic rings. The van der Waals surface area contributed by atoms with E-state index in [0.717, 1.165) is 11.0 Å². The Kier molecular flexibility index (Phi) is 2.85. The average molecular weight is 349 g/mol. The second kappa shape index (κ2) is 4.73. The van der Waals surface area contributed by atoms with Crippen LogP contribution in [0.3, 0.4) is 0 Å². The number of fused-ring (bicyclic) bond motifs is 2. The second-order valence-corrected chi connectivity index (χ2v) is 5.67. The quantitative estimate of drug-likeness (QED) is 0.725. The molecule has 0 bridgehead atoms. The number of H-pyrrole nitrogens is 1. The van der Waals surface area contributed by atoms with Gasteiger partial charge in [-0.05, 0) is 18.2 Å². The number of hydrogen-bond acceptors (Lipinski definition) is 3. The molecule has 106 valence electrons. The fourth-order valence-corrected chi connectivity index (χ4v) is 2.84. The number of halogens is 2. The highest BCUT2D eigenvalue weighted by molar-refractivity contribution is 9.10. The van der Waals surface area contributed by atoms with Crippen LogP contribution in [0, 0.1) is 5.82 Å². The van der Waals surface area contributed by atoms with Crippen molar-refractivity contribution in [2.45, 2.75) is 0 Å². The zero-order valence-corrected chi connectivity index (χ0v) is 12.4. The van der Waals surface area contributed by atoms with E-state index in [1.165, 1.54) is 12.1 Å². The molecule has 0 saturated carbocycles. The van der Waals surface area contributed by atoms with Gasteiger partial charge in [0.05, 0.1) is 11.0 Å². The fraction of sp³-hybridized carbons (Fsp3) is 0.133. The summed E-state index contributed by atoms with van der Waals surface area (Å²) in [6.07, 6.45) is 0. The third-order valence-corrected chi connectivity index (χ3v) is 3.74. The number of rotatable bonds is 1. The molecular weight excluding hydrogens is 339 g/mol. The first-order valence-corrected chi connectivity index (χ1v) is 7.24. The van der Waals surface area contributed by atoms with Crippen molar-refractivity contribution in [2.75, 3.05) is 13.2 Å². The molecule has 3 aromatic rings. The van der Waals surface area contributed by atoms with Crippen LogP contribution in [0.4, 0.5) is 4.39 Å². The fourth-order valence-electron chi connectivity index (χ4n) is 2.37. The van der Waals surface area contributed by atoms with Gasteiger partial charge in [0.15, 0.2) is 11.5 Å². The average Bonchev–Trinajstić information content (AvgIpc) is 2.86. The maximum Gasteiger partial charge on any atom is 0.163 e. The maximum atomic E-state index is 13.5. The summed E-state index contributed by atoms with van der Waals surface area (Å²) in [7, 11) is 0. The minimum atomic E-state index is -0.314. The molecule has 1 aliphatic heterocycles. The van der Waals surface area contributed by atoms with Crippen molar-refractivity contribution < 1.29 is 13.9 Å². The molecule has 0 radical (unpaired) electrons. The molecule has 4 nitrogen and oxygen atoms in total. The highest BCUT2D eigenvalue weighted by Crippen LogP contribution is 2.35. The number of aromatic nitrogens is 2. The molecule has 21 heavy (non-hydrogen) atoms. The molecule has 6 heteroatoms. The van der Waals surface area contributed by atoms with E-state index in [4.69, 9.17) is 9.47 Å². The van der Waals surface area contributed by atoms with E-state index >= 15 is 0 Å². The van der Waals surface area contributed by atoms with Gasteiger partial charge in [0.2, 0.25) is 0 Å². The topological polar surface area (TPSA) is 47.1 Å². The molecule has 0 atom stereocenters. The molecule has 0 unspecified atom stereocenters. The van der Waals surface area contributed by atoms with Crippen LogP contribution in [-0.2, 0) is 0 Å². The summed E-state index contributed by atoms with van der Waals surface area (Å²) < 4.78 is 25.3. The van der Waals surface area contributed by atoms with E-state index in [2.05, 4.69) is 25.9 Å². The lowest BCUT2D eigenvalue weighted by atomic mass is 10.2. The van der Waals surface area contributed by atoms with E-state index in [9.17, 15) is 4.39 Å². The van der Waals surface area contributed by atoms with Gasteiger partial charge in [-0.3, -0.25) is 0 Å². The Labute approximate surface area is 128 Å². The number of nitrogens with one attached hydrogen (secondary N) is 1. The Morgan fingerprint density at radius 2 is 1.81 bits per heavy atom. The van der Waals surface area contributed by atoms with Crippen molar-refractivity contribution in [2.24, 2.45) is 0 Å². The number of ether oxygens (including phenoxy) is 2. The SMILES string of the molecule is Fc1cc(Br)cc(-c2nc3cc4c(cc3[nH]2)OCCO4)c1. The predicted molar refractivity (Wildman–Crippen MR) is 80.2 cm³/mol. The van der Waals surface area contributed by atoms with Gasteiger partial charge < -0.3 is 14.5 Å². The molecule has 2 heterocycles. The van der Waals surface area contributed by atoms with Gasteiger partial charge in [-0.25, -0.2) is 9.37 Å². The molecule has 1 aromatic heterocycles. The van der Waals surface area contributed by atoms with Crippen LogP contribution in [0.15, 0.2) is 34.8 Å². The lowest BCUT2D eigenvalue weighted by Gasteiger charge is -2.17. The minimum absolute atomic E-state index is 0.314. The molecule has 4 rings (SSSR count). The molecule has 0 spiro atoms. The summed E-state index contributed by atoms with van der Waals surface area (Å²) in [5.41, 5.74) is 2.27. The van der Waals surface area contributed by atoms with Gasteiger partial charge in [0.25, 0.3) is 0 Å². The first-order valence-electron chi connectivity index (χ1n) is 6.45. The van der Waals surface area contributed by atoms with E-state index in [0.29, 0.717) is 40.6 Å². The molecule has 0 aliphatic carbocycles. The van der Waals surface area contributed by atoms with Crippen molar-refractivity contribution in [3.8, 4) is 22.9 Å². The van der Waals surface area contributed by atoms with Crippen molar-refractivity contribution in [3.05, 3.63) is 40.6 Å². The highest BCUT2D eigenvalue weighted by Gasteiger charge is 2.15. The van der Waals surface area contributed by atoms with Crippen LogP contribution in [0.25, 0.3) is 22.4 Å². The van der Waals surface area contributed by atoms with Crippen LogP contribution in [0.5, 0.6) is 11.5 Å². The number of aromatic amines is 1. The second-order valence-electron chi connectivity index (χ2n) is 4.76. The molecule has 2 aromatic carbocycles. The smallest absolute Gasteiger partial charge is 0.163 e. The van der Waals surface area contributed by atoms with Crippen LogP contribution in [0.2, 0.25) is 0 Å². The zero-order chi connectivity index (χ0) is 14.4. The van der Waals surface area contributed by atoms with E-state index < -0.39 is 0 Å². The van der Waals surface area contributed by atoms with Gasteiger partial charge in [-0.2, -0.15) is 0 Å². The summed E-state index contributed by atoms with van der Waals surface area (Å²) in [4.78, 5) is 7.68. The summed E-state index contributed by atoms with van der Waals surface area (Å²) >= 11 is 3.29. The van der Waals surface area contributed by atoms with Crippen molar-refractivity contribution in [1.82, 2.24) is 9.97 Å².